The third-order valence-electron chi connectivity index (χ3n) is 1.57. The highest BCUT2D eigenvalue weighted by Crippen LogP contribution is 2.28. The van der Waals surface area contributed by atoms with Crippen LogP contribution in [0.4, 0.5) is 13.2 Å². The molecular formula is C10H12ClF3O. The fourth-order valence-electron chi connectivity index (χ4n) is 0.841. The van der Waals surface area contributed by atoms with E-state index in [1.54, 1.807) is 13.8 Å². The lowest BCUT2D eigenvalue weighted by molar-refractivity contribution is -0.0884. The maximum atomic E-state index is 12.4. The van der Waals surface area contributed by atoms with E-state index in [-0.39, 0.29) is 5.76 Å². The van der Waals surface area contributed by atoms with Crippen LogP contribution < -0.4 is 0 Å². The number of hydrogen-bond donors (Lipinski definition) is 0. The van der Waals surface area contributed by atoms with Gasteiger partial charge in [0.25, 0.3) is 0 Å². The van der Waals surface area contributed by atoms with Crippen molar-refractivity contribution in [1.29, 1.82) is 0 Å². The van der Waals surface area contributed by atoms with Gasteiger partial charge in [0, 0.05) is 5.54 Å². The summed E-state index contributed by atoms with van der Waals surface area (Å²) in [6.45, 7) is 3.32. The molecule has 0 aliphatic heterocycles. The molecule has 1 nitrogen and oxygen atoms in total. The first-order valence-electron chi connectivity index (χ1n) is 4.10. The molecule has 15 heavy (non-hydrogen) atoms. The number of halogens is 4. The number of allylic oxidation sites excluding steroid dienone is 4. The van der Waals surface area contributed by atoms with E-state index in [9.17, 15) is 13.2 Å². The summed E-state index contributed by atoms with van der Waals surface area (Å²) in [5, 5.41) is 0. The minimum absolute atomic E-state index is 0.178. The Morgan fingerprint density at radius 2 is 1.80 bits per heavy atom. The Hall–Kier alpha value is -0.900. The number of ether oxygens (including phenoxy) is 1. The zero-order valence-corrected chi connectivity index (χ0v) is 9.41. The van der Waals surface area contributed by atoms with Crippen molar-refractivity contribution in [3.05, 3.63) is 34.6 Å². The van der Waals surface area contributed by atoms with Crippen LogP contribution in [0.5, 0.6) is 0 Å². The van der Waals surface area contributed by atoms with Gasteiger partial charge in [0.05, 0.1) is 12.7 Å². The van der Waals surface area contributed by atoms with Crippen LogP contribution in [0.3, 0.4) is 0 Å². The predicted octanol–water partition coefficient (Wildman–Crippen LogP) is 4.17. The second-order valence-electron chi connectivity index (χ2n) is 2.96. The Morgan fingerprint density at radius 1 is 1.27 bits per heavy atom. The average molecular weight is 241 g/mol. The summed E-state index contributed by atoms with van der Waals surface area (Å²) >= 11 is 5.13. The van der Waals surface area contributed by atoms with E-state index in [1.807, 2.05) is 0 Å². The van der Waals surface area contributed by atoms with Crippen molar-refractivity contribution in [1.82, 2.24) is 0 Å². The van der Waals surface area contributed by atoms with Gasteiger partial charge >= 0.3 is 6.18 Å². The summed E-state index contributed by atoms with van der Waals surface area (Å²) < 4.78 is 42.0. The number of hydrogen-bond acceptors (Lipinski definition) is 1. The summed E-state index contributed by atoms with van der Waals surface area (Å²) in [6.07, 6.45) is -2.75. The molecular weight excluding hydrogens is 229 g/mol. The van der Waals surface area contributed by atoms with Crippen LogP contribution in [-0.4, -0.2) is 13.3 Å². The zero-order chi connectivity index (χ0) is 12.1. The van der Waals surface area contributed by atoms with Crippen molar-refractivity contribution in [3.63, 3.8) is 0 Å². The molecule has 0 saturated carbocycles. The quantitative estimate of drug-likeness (QED) is 0.531. The smallest absolute Gasteiger partial charge is 0.416 e. The van der Waals surface area contributed by atoms with Gasteiger partial charge in [-0.2, -0.15) is 13.2 Å². The Balaban J connectivity index is 5.26. The van der Waals surface area contributed by atoms with Crippen molar-refractivity contribution >= 4 is 11.6 Å². The van der Waals surface area contributed by atoms with Gasteiger partial charge in [0.2, 0.25) is 0 Å². The monoisotopic (exact) mass is 240 g/mol. The minimum Gasteiger partial charge on any atom is -0.497 e. The van der Waals surface area contributed by atoms with Gasteiger partial charge < -0.3 is 4.74 Å². The first-order valence-corrected chi connectivity index (χ1v) is 4.53. The van der Waals surface area contributed by atoms with Gasteiger partial charge in [-0.15, -0.1) is 0 Å². The number of rotatable bonds is 3. The summed E-state index contributed by atoms with van der Waals surface area (Å²) in [4.78, 5) is 0. The Morgan fingerprint density at radius 3 is 2.07 bits per heavy atom. The topological polar surface area (TPSA) is 9.23 Å². The van der Waals surface area contributed by atoms with Crippen molar-refractivity contribution < 1.29 is 17.9 Å². The lowest BCUT2D eigenvalue weighted by atomic mass is 10.2. The Labute approximate surface area is 91.9 Å². The molecule has 0 aliphatic carbocycles. The summed E-state index contributed by atoms with van der Waals surface area (Å²) in [6, 6.07) is 0. The molecule has 0 heterocycles. The van der Waals surface area contributed by atoms with E-state index in [4.69, 9.17) is 16.3 Å². The molecule has 0 fully saturated rings. The van der Waals surface area contributed by atoms with Crippen molar-refractivity contribution in [2.45, 2.75) is 20.0 Å². The average Bonchev–Trinajstić information content (AvgIpc) is 2.09. The van der Waals surface area contributed by atoms with Crippen LogP contribution in [0.1, 0.15) is 13.8 Å². The van der Waals surface area contributed by atoms with Gasteiger partial charge in [0.15, 0.2) is 0 Å². The maximum absolute atomic E-state index is 12.4. The van der Waals surface area contributed by atoms with E-state index in [0.717, 1.165) is 17.7 Å². The second kappa shape index (κ2) is 5.85. The van der Waals surface area contributed by atoms with Crippen LogP contribution in [0.2, 0.25) is 0 Å². The fraction of sp³-hybridized carbons (Fsp3) is 0.400. The second-order valence-corrected chi connectivity index (χ2v) is 3.21. The highest BCUT2D eigenvalue weighted by Gasteiger charge is 2.32. The van der Waals surface area contributed by atoms with Crippen molar-refractivity contribution in [3.8, 4) is 0 Å². The first-order chi connectivity index (χ1) is 6.82. The van der Waals surface area contributed by atoms with Gasteiger partial charge in [0.1, 0.15) is 5.76 Å². The third kappa shape index (κ3) is 4.93. The Kier molecular flexibility index (Phi) is 5.50. The summed E-state index contributed by atoms with van der Waals surface area (Å²) in [7, 11) is 1.32. The van der Waals surface area contributed by atoms with Gasteiger partial charge in [-0.3, -0.25) is 0 Å². The van der Waals surface area contributed by atoms with E-state index in [2.05, 4.69) is 0 Å². The summed E-state index contributed by atoms with van der Waals surface area (Å²) in [5.41, 5.74) is 0.621. The largest absolute Gasteiger partial charge is 0.497 e. The first kappa shape index (κ1) is 14.1. The molecule has 0 unspecified atom stereocenters. The standard InChI is InChI=1S/C10H12ClF3O/c1-7(2)9(15-3)6-8(4-5-11)10(12,13)14/h4-6H,1-3H3/b5-4?,8-6+. The molecule has 0 aliphatic rings. The molecule has 5 heteroatoms. The summed E-state index contributed by atoms with van der Waals surface area (Å²) in [5.74, 6) is 0.178. The molecule has 0 N–H and O–H groups in total. The molecule has 0 bridgehead atoms. The highest BCUT2D eigenvalue weighted by atomic mass is 35.5. The lowest BCUT2D eigenvalue weighted by Gasteiger charge is -2.09. The molecule has 0 saturated heterocycles. The molecule has 0 aromatic rings. The molecule has 0 radical (unpaired) electrons. The van der Waals surface area contributed by atoms with Gasteiger partial charge in [-0.1, -0.05) is 11.6 Å². The predicted molar refractivity (Wildman–Crippen MR) is 54.5 cm³/mol. The number of alkyl halides is 3. The molecule has 0 atom stereocenters. The highest BCUT2D eigenvalue weighted by molar-refractivity contribution is 6.25. The van der Waals surface area contributed by atoms with Crippen LogP contribution in [-0.2, 0) is 4.74 Å². The van der Waals surface area contributed by atoms with E-state index in [0.29, 0.717) is 5.57 Å². The van der Waals surface area contributed by atoms with Gasteiger partial charge in [-0.25, -0.2) is 0 Å². The van der Waals surface area contributed by atoms with Crippen LogP contribution in [0, 0.1) is 0 Å². The van der Waals surface area contributed by atoms with E-state index >= 15 is 0 Å². The molecule has 0 aromatic heterocycles. The molecule has 0 rings (SSSR count). The SMILES string of the molecule is COC(/C=C(\C=CCl)C(F)(F)F)=C(C)C. The van der Waals surface area contributed by atoms with Crippen molar-refractivity contribution in [2.24, 2.45) is 0 Å². The van der Waals surface area contributed by atoms with Crippen molar-refractivity contribution in [2.75, 3.05) is 7.11 Å². The van der Waals surface area contributed by atoms with Crippen LogP contribution in [0.25, 0.3) is 0 Å². The van der Waals surface area contributed by atoms with E-state index in [1.165, 1.54) is 7.11 Å². The van der Waals surface area contributed by atoms with Crippen LogP contribution in [0.15, 0.2) is 34.6 Å². The molecule has 0 amide bonds. The number of methoxy groups -OCH3 is 1. The lowest BCUT2D eigenvalue weighted by Crippen LogP contribution is -2.10. The Bertz CT molecular complexity index is 296. The zero-order valence-electron chi connectivity index (χ0n) is 8.65. The van der Waals surface area contributed by atoms with Crippen LogP contribution >= 0.6 is 11.6 Å². The maximum Gasteiger partial charge on any atom is 0.416 e. The van der Waals surface area contributed by atoms with E-state index < -0.39 is 11.7 Å². The molecule has 0 aromatic carbocycles. The molecule has 0 spiro atoms. The third-order valence-corrected chi connectivity index (χ3v) is 1.70. The molecule has 86 valence electrons. The van der Waals surface area contributed by atoms with Gasteiger partial charge in [-0.05, 0) is 31.6 Å². The fourth-order valence-corrected chi connectivity index (χ4v) is 0.977. The minimum atomic E-state index is -4.44. The normalized spacial score (nSPS) is 13.1.